The monoisotopic (exact) mass is 273 g/mol. The van der Waals surface area contributed by atoms with E-state index in [1.165, 1.54) is 6.07 Å². The van der Waals surface area contributed by atoms with Gasteiger partial charge >= 0.3 is 0 Å². The SMILES string of the molecule is COc1cccc(CNc2ccc([N+](=O)[O-])cc2C)n1. The number of non-ortho nitro benzene ring substituents is 1. The lowest BCUT2D eigenvalue weighted by Crippen LogP contribution is -2.04. The molecule has 0 aliphatic carbocycles. The summed E-state index contributed by atoms with van der Waals surface area (Å²) in [5.74, 6) is 0.560. The molecule has 6 heteroatoms. The van der Waals surface area contributed by atoms with Crippen LogP contribution in [0.3, 0.4) is 0 Å². The van der Waals surface area contributed by atoms with Crippen molar-refractivity contribution in [2.45, 2.75) is 13.5 Å². The molecule has 0 saturated carbocycles. The van der Waals surface area contributed by atoms with Gasteiger partial charge in [-0.25, -0.2) is 4.98 Å². The summed E-state index contributed by atoms with van der Waals surface area (Å²) in [5, 5.41) is 13.9. The van der Waals surface area contributed by atoms with Crippen LogP contribution in [0.5, 0.6) is 5.88 Å². The first-order valence-corrected chi connectivity index (χ1v) is 6.09. The number of methoxy groups -OCH3 is 1. The van der Waals surface area contributed by atoms with Crippen LogP contribution in [0.2, 0.25) is 0 Å². The Labute approximate surface area is 116 Å². The Bertz CT molecular complexity index is 629. The molecular weight excluding hydrogens is 258 g/mol. The van der Waals surface area contributed by atoms with E-state index in [4.69, 9.17) is 4.74 Å². The molecule has 1 heterocycles. The number of nitrogens with one attached hydrogen (secondary N) is 1. The standard InChI is InChI=1S/C14H15N3O3/c1-10-8-12(17(18)19)6-7-13(10)15-9-11-4-3-5-14(16-11)20-2/h3-8,15H,9H2,1-2H3. The van der Waals surface area contributed by atoms with Crippen molar-refractivity contribution in [1.29, 1.82) is 0 Å². The average molecular weight is 273 g/mol. The van der Waals surface area contributed by atoms with Gasteiger partial charge in [-0.1, -0.05) is 6.07 Å². The molecule has 0 fully saturated rings. The van der Waals surface area contributed by atoms with Crippen molar-refractivity contribution < 1.29 is 9.66 Å². The van der Waals surface area contributed by atoms with Gasteiger partial charge in [-0.15, -0.1) is 0 Å². The second kappa shape index (κ2) is 6.01. The molecule has 0 saturated heterocycles. The van der Waals surface area contributed by atoms with Crippen molar-refractivity contribution in [3.05, 3.63) is 57.8 Å². The van der Waals surface area contributed by atoms with Crippen molar-refractivity contribution in [3.8, 4) is 5.88 Å². The number of hydrogen-bond donors (Lipinski definition) is 1. The van der Waals surface area contributed by atoms with E-state index in [1.807, 2.05) is 19.1 Å². The summed E-state index contributed by atoms with van der Waals surface area (Å²) in [6.45, 7) is 2.35. The minimum absolute atomic E-state index is 0.0903. The highest BCUT2D eigenvalue weighted by molar-refractivity contribution is 5.55. The van der Waals surface area contributed by atoms with Crippen LogP contribution < -0.4 is 10.1 Å². The largest absolute Gasteiger partial charge is 0.481 e. The maximum atomic E-state index is 10.7. The third-order valence-electron chi connectivity index (χ3n) is 2.87. The van der Waals surface area contributed by atoms with E-state index in [9.17, 15) is 10.1 Å². The molecule has 2 aromatic rings. The second-order valence-electron chi connectivity index (χ2n) is 4.28. The Morgan fingerprint density at radius 1 is 1.35 bits per heavy atom. The van der Waals surface area contributed by atoms with Gasteiger partial charge in [0.05, 0.1) is 24.3 Å². The summed E-state index contributed by atoms with van der Waals surface area (Å²) in [6, 6.07) is 10.3. The van der Waals surface area contributed by atoms with Crippen molar-refractivity contribution in [3.63, 3.8) is 0 Å². The van der Waals surface area contributed by atoms with Crippen LogP contribution in [0.4, 0.5) is 11.4 Å². The first-order valence-electron chi connectivity index (χ1n) is 6.09. The summed E-state index contributed by atoms with van der Waals surface area (Å²) < 4.78 is 5.06. The Balaban J connectivity index is 2.08. The predicted octanol–water partition coefficient (Wildman–Crippen LogP) is 2.92. The van der Waals surface area contributed by atoms with Gasteiger partial charge in [-0.3, -0.25) is 10.1 Å². The van der Waals surface area contributed by atoms with Gasteiger partial charge in [0.15, 0.2) is 0 Å². The van der Waals surface area contributed by atoms with Crippen LogP contribution in [0, 0.1) is 17.0 Å². The molecule has 1 aromatic carbocycles. The number of aromatic nitrogens is 1. The summed E-state index contributed by atoms with van der Waals surface area (Å²) in [4.78, 5) is 14.6. The lowest BCUT2D eigenvalue weighted by Gasteiger charge is -2.09. The van der Waals surface area contributed by atoms with E-state index >= 15 is 0 Å². The molecule has 0 bridgehead atoms. The van der Waals surface area contributed by atoms with Crippen LogP contribution >= 0.6 is 0 Å². The zero-order chi connectivity index (χ0) is 14.5. The number of anilines is 1. The first kappa shape index (κ1) is 13.8. The molecule has 1 aromatic heterocycles. The van der Waals surface area contributed by atoms with Crippen molar-refractivity contribution in [2.24, 2.45) is 0 Å². The fourth-order valence-electron chi connectivity index (χ4n) is 1.82. The second-order valence-corrected chi connectivity index (χ2v) is 4.28. The molecule has 0 radical (unpaired) electrons. The molecule has 2 rings (SSSR count). The Morgan fingerprint density at radius 2 is 2.15 bits per heavy atom. The summed E-state index contributed by atoms with van der Waals surface area (Å²) >= 11 is 0. The average Bonchev–Trinajstić information content (AvgIpc) is 2.46. The molecule has 0 amide bonds. The molecule has 0 atom stereocenters. The minimum atomic E-state index is -0.402. The van der Waals surface area contributed by atoms with Gasteiger partial charge in [0.1, 0.15) is 0 Å². The molecule has 6 nitrogen and oxygen atoms in total. The Kier molecular flexibility index (Phi) is 4.14. The van der Waals surface area contributed by atoms with E-state index in [0.29, 0.717) is 12.4 Å². The number of nitro benzene ring substituents is 1. The van der Waals surface area contributed by atoms with E-state index in [2.05, 4.69) is 10.3 Å². The van der Waals surface area contributed by atoms with Crippen molar-refractivity contribution in [1.82, 2.24) is 4.98 Å². The van der Waals surface area contributed by atoms with Gasteiger partial charge in [-0.2, -0.15) is 0 Å². The van der Waals surface area contributed by atoms with Gasteiger partial charge < -0.3 is 10.1 Å². The minimum Gasteiger partial charge on any atom is -0.481 e. The third-order valence-corrected chi connectivity index (χ3v) is 2.87. The maximum Gasteiger partial charge on any atom is 0.269 e. The smallest absolute Gasteiger partial charge is 0.269 e. The van der Waals surface area contributed by atoms with Crippen LogP contribution in [0.25, 0.3) is 0 Å². The van der Waals surface area contributed by atoms with E-state index in [0.717, 1.165) is 16.9 Å². The Morgan fingerprint density at radius 3 is 2.80 bits per heavy atom. The van der Waals surface area contributed by atoms with Gasteiger partial charge in [0.2, 0.25) is 5.88 Å². The fourth-order valence-corrected chi connectivity index (χ4v) is 1.82. The predicted molar refractivity (Wildman–Crippen MR) is 75.9 cm³/mol. The number of hydrogen-bond acceptors (Lipinski definition) is 5. The third kappa shape index (κ3) is 3.23. The maximum absolute atomic E-state index is 10.7. The molecule has 0 spiro atoms. The van der Waals surface area contributed by atoms with Crippen molar-refractivity contribution in [2.75, 3.05) is 12.4 Å². The fraction of sp³-hybridized carbons (Fsp3) is 0.214. The molecule has 104 valence electrons. The number of aryl methyl sites for hydroxylation is 1. The van der Waals surface area contributed by atoms with Gasteiger partial charge in [0, 0.05) is 23.9 Å². The number of pyridine rings is 1. The first-order chi connectivity index (χ1) is 9.60. The highest BCUT2D eigenvalue weighted by Crippen LogP contribution is 2.21. The summed E-state index contributed by atoms with van der Waals surface area (Å²) in [6.07, 6.45) is 0. The topological polar surface area (TPSA) is 77.3 Å². The summed E-state index contributed by atoms with van der Waals surface area (Å²) in [7, 11) is 1.57. The van der Waals surface area contributed by atoms with Crippen molar-refractivity contribution >= 4 is 11.4 Å². The van der Waals surface area contributed by atoms with E-state index < -0.39 is 4.92 Å². The molecule has 0 aliphatic heterocycles. The molecule has 0 unspecified atom stereocenters. The highest BCUT2D eigenvalue weighted by atomic mass is 16.6. The lowest BCUT2D eigenvalue weighted by molar-refractivity contribution is -0.384. The molecule has 0 aliphatic rings. The number of nitrogens with zero attached hydrogens (tertiary/aromatic N) is 2. The van der Waals surface area contributed by atoms with Gasteiger partial charge in [-0.05, 0) is 24.6 Å². The van der Waals surface area contributed by atoms with Gasteiger partial charge in [0.25, 0.3) is 5.69 Å². The Hall–Kier alpha value is -2.63. The van der Waals surface area contributed by atoms with E-state index in [1.54, 1.807) is 25.3 Å². The number of nitro groups is 1. The lowest BCUT2D eigenvalue weighted by atomic mass is 10.1. The molecule has 1 N–H and O–H groups in total. The van der Waals surface area contributed by atoms with E-state index in [-0.39, 0.29) is 5.69 Å². The molecular formula is C14H15N3O3. The van der Waals surface area contributed by atoms with Crippen LogP contribution in [0.15, 0.2) is 36.4 Å². The summed E-state index contributed by atoms with van der Waals surface area (Å²) in [5.41, 5.74) is 2.59. The normalized spacial score (nSPS) is 10.1. The van der Waals surface area contributed by atoms with Crippen LogP contribution in [-0.2, 0) is 6.54 Å². The highest BCUT2D eigenvalue weighted by Gasteiger charge is 2.08. The molecule has 20 heavy (non-hydrogen) atoms. The van der Waals surface area contributed by atoms with Crippen LogP contribution in [-0.4, -0.2) is 17.0 Å². The zero-order valence-electron chi connectivity index (χ0n) is 11.3. The number of ether oxygens (including phenoxy) is 1. The number of rotatable bonds is 5. The zero-order valence-corrected chi connectivity index (χ0v) is 11.3. The quantitative estimate of drug-likeness (QED) is 0.669. The number of benzene rings is 1. The van der Waals surface area contributed by atoms with Crippen LogP contribution in [0.1, 0.15) is 11.3 Å².